The molecule has 0 aliphatic heterocycles. The van der Waals surface area contributed by atoms with Crippen LogP contribution in [0.4, 0.5) is 5.69 Å². The van der Waals surface area contributed by atoms with Crippen LogP contribution in [0.5, 0.6) is 0 Å². The molecule has 0 radical (unpaired) electrons. The molecule has 2 aromatic rings. The van der Waals surface area contributed by atoms with E-state index in [1.165, 1.54) is 11.3 Å². The van der Waals surface area contributed by atoms with Crippen LogP contribution in [0.15, 0.2) is 30.3 Å². The van der Waals surface area contributed by atoms with Crippen LogP contribution in [0.25, 0.3) is 0 Å². The lowest BCUT2D eigenvalue weighted by Crippen LogP contribution is -2.34. The molecule has 7 nitrogen and oxygen atoms in total. The summed E-state index contributed by atoms with van der Waals surface area (Å²) < 4.78 is 0. The minimum Gasteiger partial charge on any atom is -0.355 e. The molecule has 0 saturated heterocycles. The maximum absolute atomic E-state index is 12.1. The van der Waals surface area contributed by atoms with Crippen molar-refractivity contribution in [3.8, 4) is 0 Å². The molecule has 140 valence electrons. The SMILES string of the molecule is CCN(CC)CCNC(=O)CCc1nnc(C(=O)Nc2ccccc2)s1. The number of rotatable bonds is 10. The van der Waals surface area contributed by atoms with Gasteiger partial charge in [0.05, 0.1) is 0 Å². The number of carbonyl (C=O) groups is 2. The normalized spacial score (nSPS) is 10.7. The number of anilines is 1. The van der Waals surface area contributed by atoms with Crippen molar-refractivity contribution in [2.45, 2.75) is 26.7 Å². The highest BCUT2D eigenvalue weighted by Crippen LogP contribution is 2.14. The van der Waals surface area contributed by atoms with Crippen LogP contribution in [-0.2, 0) is 11.2 Å². The molecule has 0 bridgehead atoms. The first-order valence-corrected chi connectivity index (χ1v) is 9.61. The molecule has 1 aromatic heterocycles. The highest BCUT2D eigenvalue weighted by Gasteiger charge is 2.14. The number of carbonyl (C=O) groups excluding carboxylic acids is 2. The van der Waals surface area contributed by atoms with Crippen LogP contribution in [0.2, 0.25) is 0 Å². The van der Waals surface area contributed by atoms with E-state index in [2.05, 4.69) is 39.6 Å². The van der Waals surface area contributed by atoms with Crippen molar-refractivity contribution >= 4 is 28.8 Å². The highest BCUT2D eigenvalue weighted by molar-refractivity contribution is 7.13. The number of nitrogens with one attached hydrogen (secondary N) is 2. The molecular formula is C18H25N5O2S. The Bertz CT molecular complexity index is 701. The van der Waals surface area contributed by atoms with E-state index >= 15 is 0 Å². The Morgan fingerprint density at radius 1 is 1.12 bits per heavy atom. The van der Waals surface area contributed by atoms with Crippen LogP contribution >= 0.6 is 11.3 Å². The van der Waals surface area contributed by atoms with Gasteiger partial charge in [-0.2, -0.15) is 0 Å². The van der Waals surface area contributed by atoms with Crippen molar-refractivity contribution in [3.63, 3.8) is 0 Å². The third-order valence-electron chi connectivity index (χ3n) is 3.90. The minimum atomic E-state index is -0.288. The standard InChI is InChI=1S/C18H25N5O2S/c1-3-23(4-2)13-12-19-15(24)10-11-16-21-22-18(26-16)17(25)20-14-8-6-5-7-9-14/h5-9H,3-4,10-13H2,1-2H3,(H,19,24)(H,20,25). The van der Waals surface area contributed by atoms with Crippen molar-refractivity contribution in [2.75, 3.05) is 31.5 Å². The molecule has 2 rings (SSSR count). The molecule has 0 aliphatic rings. The molecule has 0 aliphatic carbocycles. The van der Waals surface area contributed by atoms with Gasteiger partial charge in [0.2, 0.25) is 10.9 Å². The van der Waals surface area contributed by atoms with E-state index in [4.69, 9.17) is 0 Å². The second-order valence-corrected chi connectivity index (χ2v) is 6.76. The molecule has 26 heavy (non-hydrogen) atoms. The predicted octanol–water partition coefficient (Wildman–Crippen LogP) is 2.18. The lowest BCUT2D eigenvalue weighted by Gasteiger charge is -2.17. The van der Waals surface area contributed by atoms with Crippen LogP contribution in [0.1, 0.15) is 35.1 Å². The number of hydrogen-bond acceptors (Lipinski definition) is 6. The van der Waals surface area contributed by atoms with Crippen molar-refractivity contribution in [3.05, 3.63) is 40.3 Å². The Balaban J connectivity index is 1.74. The van der Waals surface area contributed by atoms with Crippen LogP contribution in [0, 0.1) is 0 Å². The van der Waals surface area contributed by atoms with E-state index in [0.29, 0.717) is 35.1 Å². The van der Waals surface area contributed by atoms with E-state index < -0.39 is 0 Å². The maximum Gasteiger partial charge on any atom is 0.286 e. The van der Waals surface area contributed by atoms with Gasteiger partial charge < -0.3 is 15.5 Å². The average Bonchev–Trinajstić information content (AvgIpc) is 3.14. The fourth-order valence-corrected chi connectivity index (χ4v) is 3.09. The van der Waals surface area contributed by atoms with Crippen LogP contribution in [0.3, 0.4) is 0 Å². The van der Waals surface area contributed by atoms with Gasteiger partial charge in [-0.1, -0.05) is 43.4 Å². The summed E-state index contributed by atoms with van der Waals surface area (Å²) in [6.07, 6.45) is 0.820. The zero-order valence-corrected chi connectivity index (χ0v) is 16.0. The summed E-state index contributed by atoms with van der Waals surface area (Å²) in [5.41, 5.74) is 0.710. The van der Waals surface area contributed by atoms with Gasteiger partial charge >= 0.3 is 0 Å². The average molecular weight is 375 g/mol. The van der Waals surface area contributed by atoms with Crippen molar-refractivity contribution < 1.29 is 9.59 Å². The molecule has 2 amide bonds. The molecule has 1 aromatic carbocycles. The third-order valence-corrected chi connectivity index (χ3v) is 4.89. The molecule has 0 unspecified atom stereocenters. The lowest BCUT2D eigenvalue weighted by atomic mass is 10.3. The highest BCUT2D eigenvalue weighted by atomic mass is 32.1. The zero-order valence-electron chi connectivity index (χ0n) is 15.2. The van der Waals surface area contributed by atoms with Crippen molar-refractivity contribution in [1.29, 1.82) is 0 Å². The van der Waals surface area contributed by atoms with E-state index in [-0.39, 0.29) is 11.8 Å². The van der Waals surface area contributed by atoms with E-state index in [1.807, 2.05) is 30.3 Å². The Morgan fingerprint density at radius 3 is 2.54 bits per heavy atom. The summed E-state index contributed by atoms with van der Waals surface area (Å²) in [6, 6.07) is 9.19. The topological polar surface area (TPSA) is 87.2 Å². The molecule has 0 spiro atoms. The quantitative estimate of drug-likeness (QED) is 0.665. The van der Waals surface area contributed by atoms with E-state index in [0.717, 1.165) is 19.6 Å². The molecule has 0 atom stereocenters. The number of aryl methyl sites for hydroxylation is 1. The molecular weight excluding hydrogens is 350 g/mol. The van der Waals surface area contributed by atoms with Gasteiger partial charge in [0.15, 0.2) is 0 Å². The number of benzene rings is 1. The minimum absolute atomic E-state index is 0.0114. The van der Waals surface area contributed by atoms with Crippen molar-refractivity contribution in [2.24, 2.45) is 0 Å². The van der Waals surface area contributed by atoms with Gasteiger partial charge in [-0.15, -0.1) is 10.2 Å². The van der Waals surface area contributed by atoms with Crippen molar-refractivity contribution in [1.82, 2.24) is 20.4 Å². The Morgan fingerprint density at radius 2 is 1.85 bits per heavy atom. The number of hydrogen-bond donors (Lipinski definition) is 2. The first-order valence-electron chi connectivity index (χ1n) is 8.80. The molecule has 8 heteroatoms. The number of para-hydroxylation sites is 1. The van der Waals surface area contributed by atoms with E-state index in [9.17, 15) is 9.59 Å². The first kappa shape index (κ1) is 20.0. The van der Waals surface area contributed by atoms with Crippen LogP contribution < -0.4 is 10.6 Å². The Hall–Kier alpha value is -2.32. The number of amides is 2. The maximum atomic E-state index is 12.1. The summed E-state index contributed by atoms with van der Waals surface area (Å²) >= 11 is 1.22. The smallest absolute Gasteiger partial charge is 0.286 e. The molecule has 0 saturated carbocycles. The fraction of sp³-hybridized carbons (Fsp3) is 0.444. The monoisotopic (exact) mass is 375 g/mol. The lowest BCUT2D eigenvalue weighted by molar-refractivity contribution is -0.121. The Kier molecular flexibility index (Phi) is 8.17. The summed E-state index contributed by atoms with van der Waals surface area (Å²) in [4.78, 5) is 26.3. The van der Waals surface area contributed by atoms with Gasteiger partial charge in [0.1, 0.15) is 5.01 Å². The number of nitrogens with zero attached hydrogens (tertiary/aromatic N) is 3. The van der Waals surface area contributed by atoms with Gasteiger partial charge in [-0.05, 0) is 25.2 Å². The Labute approximate surface area is 157 Å². The number of aromatic nitrogens is 2. The summed E-state index contributed by atoms with van der Waals surface area (Å²) in [7, 11) is 0. The fourth-order valence-electron chi connectivity index (χ4n) is 2.35. The predicted molar refractivity (Wildman–Crippen MR) is 103 cm³/mol. The number of likely N-dealkylation sites (N-methyl/N-ethyl adjacent to an activating group) is 1. The van der Waals surface area contributed by atoms with Crippen LogP contribution in [-0.4, -0.2) is 53.1 Å². The summed E-state index contributed by atoms with van der Waals surface area (Å²) in [6.45, 7) is 7.65. The molecule has 1 heterocycles. The summed E-state index contributed by atoms with van der Waals surface area (Å²) in [5, 5.41) is 14.6. The largest absolute Gasteiger partial charge is 0.355 e. The van der Waals surface area contributed by atoms with Gasteiger partial charge in [-0.25, -0.2) is 0 Å². The van der Waals surface area contributed by atoms with Gasteiger partial charge in [0.25, 0.3) is 5.91 Å². The van der Waals surface area contributed by atoms with Gasteiger partial charge in [-0.3, -0.25) is 9.59 Å². The zero-order chi connectivity index (χ0) is 18.8. The summed E-state index contributed by atoms with van der Waals surface area (Å²) in [5.74, 6) is -0.300. The van der Waals surface area contributed by atoms with E-state index in [1.54, 1.807) is 0 Å². The molecule has 2 N–H and O–H groups in total. The first-order chi connectivity index (χ1) is 12.6. The second kappa shape index (κ2) is 10.6. The third kappa shape index (κ3) is 6.53. The van der Waals surface area contributed by atoms with Gasteiger partial charge in [0, 0.05) is 31.6 Å². The molecule has 0 fully saturated rings. The second-order valence-electron chi connectivity index (χ2n) is 5.70.